The lowest BCUT2D eigenvalue weighted by Gasteiger charge is -2.26. The van der Waals surface area contributed by atoms with E-state index in [0.717, 1.165) is 38.0 Å². The maximum Gasteiger partial charge on any atom is 0.157 e. The van der Waals surface area contributed by atoms with Crippen LogP contribution in [0.4, 0.5) is 0 Å². The molecular weight excluding hydrogens is 190 g/mol. The van der Waals surface area contributed by atoms with Crippen LogP contribution in [0.3, 0.4) is 0 Å². The highest BCUT2D eigenvalue weighted by Crippen LogP contribution is 2.25. The Hall–Kier alpha value is -1.22. The lowest BCUT2D eigenvalue weighted by molar-refractivity contribution is 0.245. The van der Waals surface area contributed by atoms with Gasteiger partial charge in [-0.3, -0.25) is 4.90 Å². The molecule has 1 radical (unpaired) electrons. The molecule has 1 saturated heterocycles. The van der Waals surface area contributed by atoms with Gasteiger partial charge in [0, 0.05) is 6.54 Å². The van der Waals surface area contributed by atoms with Gasteiger partial charge in [-0.25, -0.2) is 0 Å². The van der Waals surface area contributed by atoms with E-state index in [-0.39, 0.29) is 11.5 Å². The van der Waals surface area contributed by atoms with Gasteiger partial charge >= 0.3 is 0 Å². The Balaban J connectivity index is 2.00. The molecule has 2 rings (SSSR count). The van der Waals surface area contributed by atoms with Crippen LogP contribution in [0.2, 0.25) is 0 Å². The van der Waals surface area contributed by atoms with E-state index in [1.807, 2.05) is 6.07 Å². The van der Waals surface area contributed by atoms with Gasteiger partial charge in [-0.15, -0.1) is 0 Å². The van der Waals surface area contributed by atoms with Crippen LogP contribution in [-0.2, 0) is 6.54 Å². The molecule has 1 aliphatic rings. The van der Waals surface area contributed by atoms with Gasteiger partial charge in [0.2, 0.25) is 0 Å². The van der Waals surface area contributed by atoms with E-state index in [0.29, 0.717) is 0 Å². The Bertz CT molecular complexity index is 332. The quantitative estimate of drug-likeness (QED) is 0.726. The topological polar surface area (TPSA) is 43.7 Å². The summed E-state index contributed by atoms with van der Waals surface area (Å²) in [4.78, 5) is 2.35. The second-order valence-corrected chi connectivity index (χ2v) is 3.97. The molecule has 15 heavy (non-hydrogen) atoms. The summed E-state index contributed by atoms with van der Waals surface area (Å²) in [5.74, 6) is -0.0817. The van der Waals surface area contributed by atoms with E-state index in [1.165, 1.54) is 0 Å². The zero-order valence-electron chi connectivity index (χ0n) is 8.69. The number of hydrogen-bond acceptors (Lipinski definition) is 3. The fraction of sp³-hybridized carbons (Fsp3) is 0.417. The van der Waals surface area contributed by atoms with E-state index < -0.39 is 0 Å². The number of piperidine rings is 1. The molecule has 0 unspecified atom stereocenters. The molecule has 1 aromatic carbocycles. The second-order valence-electron chi connectivity index (χ2n) is 3.97. The number of aromatic hydroxyl groups is 2. The monoisotopic (exact) mass is 206 g/mol. The van der Waals surface area contributed by atoms with Crippen LogP contribution in [0.25, 0.3) is 0 Å². The molecule has 0 aromatic heterocycles. The molecule has 0 amide bonds. The number of rotatable bonds is 2. The van der Waals surface area contributed by atoms with Gasteiger partial charge in [0.15, 0.2) is 11.5 Å². The Morgan fingerprint density at radius 1 is 1.07 bits per heavy atom. The Kier molecular flexibility index (Phi) is 3.11. The highest BCUT2D eigenvalue weighted by Gasteiger charge is 2.11. The van der Waals surface area contributed by atoms with Crippen molar-refractivity contribution in [2.45, 2.75) is 19.4 Å². The van der Waals surface area contributed by atoms with Crippen molar-refractivity contribution in [1.82, 2.24) is 4.90 Å². The first-order valence-electron chi connectivity index (χ1n) is 5.30. The third-order valence-corrected chi connectivity index (χ3v) is 2.74. The number of hydrogen-bond donors (Lipinski definition) is 2. The summed E-state index contributed by atoms with van der Waals surface area (Å²) in [5.41, 5.74) is 1.05. The maximum absolute atomic E-state index is 9.35. The van der Waals surface area contributed by atoms with Crippen molar-refractivity contribution >= 4 is 0 Å². The Morgan fingerprint density at radius 3 is 2.47 bits per heavy atom. The smallest absolute Gasteiger partial charge is 0.157 e. The van der Waals surface area contributed by atoms with Crippen LogP contribution in [0.1, 0.15) is 18.4 Å². The van der Waals surface area contributed by atoms with Crippen molar-refractivity contribution in [1.29, 1.82) is 0 Å². The first kappa shape index (κ1) is 10.3. The van der Waals surface area contributed by atoms with Crippen molar-refractivity contribution in [3.05, 3.63) is 30.2 Å². The number of nitrogens with zero attached hydrogens (tertiary/aromatic N) is 1. The van der Waals surface area contributed by atoms with Crippen LogP contribution in [0.15, 0.2) is 18.2 Å². The highest BCUT2D eigenvalue weighted by molar-refractivity contribution is 5.40. The molecular formula is C12H16NO2. The van der Waals surface area contributed by atoms with Crippen LogP contribution in [0, 0.1) is 6.42 Å². The van der Waals surface area contributed by atoms with Gasteiger partial charge in [-0.2, -0.15) is 0 Å². The van der Waals surface area contributed by atoms with E-state index in [4.69, 9.17) is 0 Å². The molecule has 0 saturated carbocycles. The van der Waals surface area contributed by atoms with Crippen LogP contribution < -0.4 is 0 Å². The summed E-state index contributed by atoms with van der Waals surface area (Å²) in [5, 5.41) is 18.5. The standard InChI is InChI=1S/C12H16NO2/c14-11-5-4-10(8-12(11)15)9-13-6-2-1-3-7-13/h1,4-5,8,14-15H,2-3,6-7,9H2. The highest BCUT2D eigenvalue weighted by atomic mass is 16.3. The molecule has 1 heterocycles. The molecule has 0 aliphatic carbocycles. The molecule has 1 aliphatic heterocycles. The molecule has 81 valence electrons. The molecule has 0 bridgehead atoms. The Labute approximate surface area is 90.0 Å². The van der Waals surface area contributed by atoms with E-state index in [1.54, 1.807) is 12.1 Å². The third-order valence-electron chi connectivity index (χ3n) is 2.74. The summed E-state index contributed by atoms with van der Waals surface area (Å²) < 4.78 is 0. The van der Waals surface area contributed by atoms with Gasteiger partial charge in [-0.1, -0.05) is 6.07 Å². The first-order chi connectivity index (χ1) is 7.25. The lowest BCUT2D eigenvalue weighted by atomic mass is 10.1. The lowest BCUT2D eigenvalue weighted by Crippen LogP contribution is -2.29. The van der Waals surface area contributed by atoms with Crippen LogP contribution in [-0.4, -0.2) is 28.2 Å². The normalized spacial score (nSPS) is 17.9. The minimum absolute atomic E-state index is 0.0314. The Morgan fingerprint density at radius 2 is 1.80 bits per heavy atom. The fourth-order valence-electron chi connectivity index (χ4n) is 1.89. The summed E-state index contributed by atoms with van der Waals surface area (Å²) in [7, 11) is 0. The molecule has 2 N–H and O–H groups in total. The minimum Gasteiger partial charge on any atom is -0.504 e. The molecule has 0 atom stereocenters. The number of phenols is 2. The average Bonchev–Trinajstić information content (AvgIpc) is 2.25. The molecule has 3 heteroatoms. The fourth-order valence-corrected chi connectivity index (χ4v) is 1.89. The number of benzene rings is 1. The van der Waals surface area contributed by atoms with Gasteiger partial charge < -0.3 is 10.2 Å². The zero-order chi connectivity index (χ0) is 10.7. The van der Waals surface area contributed by atoms with Crippen molar-refractivity contribution in [3.8, 4) is 11.5 Å². The predicted octanol–water partition coefficient (Wildman–Crippen LogP) is 1.90. The van der Waals surface area contributed by atoms with Crippen LogP contribution >= 0.6 is 0 Å². The average molecular weight is 206 g/mol. The molecule has 1 fully saturated rings. The van der Waals surface area contributed by atoms with Gasteiger partial charge in [-0.05, 0) is 50.0 Å². The number of phenolic OH excluding ortho intramolecular Hbond substituents is 2. The summed E-state index contributed by atoms with van der Waals surface area (Å²) in [6, 6.07) is 5.03. The SMILES string of the molecule is Oc1ccc(CN2CC[CH]CC2)cc1O. The predicted molar refractivity (Wildman–Crippen MR) is 58.6 cm³/mol. The van der Waals surface area contributed by atoms with E-state index in [2.05, 4.69) is 11.3 Å². The van der Waals surface area contributed by atoms with Crippen molar-refractivity contribution < 1.29 is 10.2 Å². The van der Waals surface area contributed by atoms with Crippen molar-refractivity contribution in [2.75, 3.05) is 13.1 Å². The largest absolute Gasteiger partial charge is 0.504 e. The molecule has 0 spiro atoms. The third kappa shape index (κ3) is 2.63. The zero-order valence-corrected chi connectivity index (χ0v) is 8.69. The van der Waals surface area contributed by atoms with E-state index in [9.17, 15) is 10.2 Å². The summed E-state index contributed by atoms with van der Waals surface area (Å²) in [6.07, 6.45) is 4.60. The van der Waals surface area contributed by atoms with Crippen molar-refractivity contribution in [2.24, 2.45) is 0 Å². The van der Waals surface area contributed by atoms with Gasteiger partial charge in [0.25, 0.3) is 0 Å². The minimum atomic E-state index is -0.0503. The van der Waals surface area contributed by atoms with E-state index >= 15 is 0 Å². The second kappa shape index (κ2) is 4.53. The van der Waals surface area contributed by atoms with Gasteiger partial charge in [0.05, 0.1) is 0 Å². The summed E-state index contributed by atoms with van der Waals surface area (Å²) >= 11 is 0. The first-order valence-corrected chi connectivity index (χ1v) is 5.30. The van der Waals surface area contributed by atoms with Crippen molar-refractivity contribution in [3.63, 3.8) is 0 Å². The van der Waals surface area contributed by atoms with Gasteiger partial charge in [0.1, 0.15) is 0 Å². The molecule has 1 aromatic rings. The summed E-state index contributed by atoms with van der Waals surface area (Å²) in [6.45, 7) is 3.02. The van der Waals surface area contributed by atoms with Crippen LogP contribution in [0.5, 0.6) is 11.5 Å². The maximum atomic E-state index is 9.35. The number of likely N-dealkylation sites (tertiary alicyclic amines) is 1. The molecule has 3 nitrogen and oxygen atoms in total.